The summed E-state index contributed by atoms with van der Waals surface area (Å²) >= 11 is 0. The standard InChI is InChI=1S/C26H31N3O3/c30-23-13-15-29(16-14-23)19-21-11-9-20(10-12-21)17-27-25(31)7-4-8-26-28-18-24(32-26)22-5-2-1-3-6-22/h1-3,5-6,9-12,18,23,30H,4,7-8,13-17,19H2,(H,27,31). The van der Waals surface area contributed by atoms with Gasteiger partial charge in [0.05, 0.1) is 12.3 Å². The third-order valence-electron chi connectivity index (χ3n) is 5.88. The van der Waals surface area contributed by atoms with Crippen LogP contribution in [0.5, 0.6) is 0 Å². The van der Waals surface area contributed by atoms with Crippen LogP contribution < -0.4 is 5.32 Å². The van der Waals surface area contributed by atoms with Gasteiger partial charge in [0.2, 0.25) is 5.91 Å². The Morgan fingerprint density at radius 2 is 1.78 bits per heavy atom. The zero-order valence-electron chi connectivity index (χ0n) is 18.4. The van der Waals surface area contributed by atoms with Gasteiger partial charge in [-0.3, -0.25) is 9.69 Å². The number of aliphatic hydroxyl groups is 1. The number of piperidine rings is 1. The Morgan fingerprint density at radius 3 is 2.53 bits per heavy atom. The van der Waals surface area contributed by atoms with Crippen molar-refractivity contribution in [3.63, 3.8) is 0 Å². The molecule has 4 rings (SSSR count). The van der Waals surface area contributed by atoms with Gasteiger partial charge in [-0.05, 0) is 30.4 Å². The van der Waals surface area contributed by atoms with Crippen LogP contribution in [-0.4, -0.2) is 40.1 Å². The number of aliphatic hydroxyl groups excluding tert-OH is 1. The number of benzene rings is 2. The molecule has 32 heavy (non-hydrogen) atoms. The third-order valence-corrected chi connectivity index (χ3v) is 5.88. The fraction of sp³-hybridized carbons (Fsp3) is 0.385. The minimum Gasteiger partial charge on any atom is -0.441 e. The van der Waals surface area contributed by atoms with Gasteiger partial charge in [0.15, 0.2) is 11.7 Å². The van der Waals surface area contributed by atoms with Gasteiger partial charge < -0.3 is 14.8 Å². The lowest BCUT2D eigenvalue weighted by Crippen LogP contribution is -2.35. The highest BCUT2D eigenvalue weighted by Gasteiger charge is 2.16. The molecule has 0 bridgehead atoms. The fourth-order valence-electron chi connectivity index (χ4n) is 3.95. The first-order chi connectivity index (χ1) is 15.7. The van der Waals surface area contributed by atoms with Crippen molar-refractivity contribution in [1.82, 2.24) is 15.2 Å². The van der Waals surface area contributed by atoms with Crippen LogP contribution in [0.4, 0.5) is 0 Å². The number of nitrogens with zero attached hydrogens (tertiary/aromatic N) is 2. The van der Waals surface area contributed by atoms with Gasteiger partial charge in [-0.1, -0.05) is 54.6 Å². The minimum atomic E-state index is -0.139. The van der Waals surface area contributed by atoms with E-state index in [0.717, 1.165) is 49.4 Å². The van der Waals surface area contributed by atoms with Gasteiger partial charge in [0, 0.05) is 44.6 Å². The van der Waals surface area contributed by atoms with Gasteiger partial charge in [-0.25, -0.2) is 4.98 Å². The zero-order chi connectivity index (χ0) is 22.2. The molecule has 2 aromatic carbocycles. The third kappa shape index (κ3) is 6.52. The normalized spacial score (nSPS) is 15.0. The van der Waals surface area contributed by atoms with Gasteiger partial charge in [0.25, 0.3) is 0 Å². The topological polar surface area (TPSA) is 78.6 Å². The number of hydrogen-bond acceptors (Lipinski definition) is 5. The number of amides is 1. The lowest BCUT2D eigenvalue weighted by Gasteiger charge is -2.29. The van der Waals surface area contributed by atoms with E-state index in [-0.39, 0.29) is 12.0 Å². The summed E-state index contributed by atoms with van der Waals surface area (Å²) in [7, 11) is 0. The average molecular weight is 434 g/mol. The van der Waals surface area contributed by atoms with E-state index in [1.54, 1.807) is 6.20 Å². The van der Waals surface area contributed by atoms with Crippen LogP contribution in [0.2, 0.25) is 0 Å². The molecule has 1 aliphatic heterocycles. The van der Waals surface area contributed by atoms with Crippen LogP contribution in [0.3, 0.4) is 0 Å². The monoisotopic (exact) mass is 433 g/mol. The molecule has 1 aliphatic rings. The molecular formula is C26H31N3O3. The molecule has 1 amide bonds. The molecule has 0 aliphatic carbocycles. The molecule has 1 aromatic heterocycles. The predicted octanol–water partition coefficient (Wildman–Crippen LogP) is 3.94. The molecule has 1 fully saturated rings. The van der Waals surface area contributed by atoms with E-state index < -0.39 is 0 Å². The Labute approximate surface area is 189 Å². The van der Waals surface area contributed by atoms with Gasteiger partial charge in [-0.15, -0.1) is 0 Å². The summed E-state index contributed by atoms with van der Waals surface area (Å²) in [5, 5.41) is 12.6. The Bertz CT molecular complexity index is 977. The van der Waals surface area contributed by atoms with E-state index in [9.17, 15) is 9.90 Å². The van der Waals surface area contributed by atoms with Crippen molar-refractivity contribution in [2.24, 2.45) is 0 Å². The molecule has 3 aromatic rings. The Hall–Kier alpha value is -2.96. The second-order valence-corrected chi connectivity index (χ2v) is 8.44. The number of likely N-dealkylation sites (tertiary alicyclic amines) is 1. The van der Waals surface area contributed by atoms with E-state index in [2.05, 4.69) is 39.5 Å². The summed E-state index contributed by atoms with van der Waals surface area (Å²) in [6.07, 6.45) is 5.10. The summed E-state index contributed by atoms with van der Waals surface area (Å²) in [6, 6.07) is 18.3. The van der Waals surface area contributed by atoms with Crippen LogP contribution in [0.25, 0.3) is 11.3 Å². The first-order valence-electron chi connectivity index (χ1n) is 11.4. The number of hydrogen-bond donors (Lipinski definition) is 2. The van der Waals surface area contributed by atoms with Crippen LogP contribution in [0, 0.1) is 0 Å². The average Bonchev–Trinajstić information content (AvgIpc) is 3.30. The second kappa shape index (κ2) is 11.1. The zero-order valence-corrected chi connectivity index (χ0v) is 18.4. The molecule has 2 N–H and O–H groups in total. The molecule has 0 radical (unpaired) electrons. The predicted molar refractivity (Wildman–Crippen MR) is 124 cm³/mol. The van der Waals surface area contributed by atoms with Crippen LogP contribution in [-0.2, 0) is 24.3 Å². The highest BCUT2D eigenvalue weighted by molar-refractivity contribution is 5.75. The van der Waals surface area contributed by atoms with E-state index in [1.807, 2.05) is 30.3 Å². The highest BCUT2D eigenvalue weighted by atomic mass is 16.4. The minimum absolute atomic E-state index is 0.0378. The summed E-state index contributed by atoms with van der Waals surface area (Å²) in [5.41, 5.74) is 3.36. The van der Waals surface area contributed by atoms with Crippen molar-refractivity contribution in [3.05, 3.63) is 77.8 Å². The second-order valence-electron chi connectivity index (χ2n) is 8.44. The molecular weight excluding hydrogens is 402 g/mol. The molecule has 1 saturated heterocycles. The van der Waals surface area contributed by atoms with Crippen molar-refractivity contribution >= 4 is 5.91 Å². The van der Waals surface area contributed by atoms with Crippen molar-refractivity contribution in [3.8, 4) is 11.3 Å². The lowest BCUT2D eigenvalue weighted by atomic mass is 10.1. The summed E-state index contributed by atoms with van der Waals surface area (Å²) in [6.45, 7) is 3.33. The molecule has 2 heterocycles. The quantitative estimate of drug-likeness (QED) is 0.534. The number of nitrogens with one attached hydrogen (secondary N) is 1. The number of aromatic nitrogens is 1. The van der Waals surface area contributed by atoms with E-state index in [4.69, 9.17) is 4.42 Å². The maximum atomic E-state index is 12.2. The molecule has 6 nitrogen and oxygen atoms in total. The van der Waals surface area contributed by atoms with Crippen LogP contribution in [0.15, 0.2) is 65.2 Å². The highest BCUT2D eigenvalue weighted by Crippen LogP contribution is 2.20. The smallest absolute Gasteiger partial charge is 0.220 e. The largest absolute Gasteiger partial charge is 0.441 e. The SMILES string of the molecule is O=C(CCCc1ncc(-c2ccccc2)o1)NCc1ccc(CN2CCC(O)CC2)cc1. The number of carbonyl (C=O) groups is 1. The fourth-order valence-corrected chi connectivity index (χ4v) is 3.95. The first kappa shape index (κ1) is 22.2. The van der Waals surface area contributed by atoms with Gasteiger partial charge in [-0.2, -0.15) is 0 Å². The Morgan fingerprint density at radius 1 is 1.06 bits per heavy atom. The lowest BCUT2D eigenvalue weighted by molar-refractivity contribution is -0.121. The number of rotatable bonds is 9. The van der Waals surface area contributed by atoms with Crippen molar-refractivity contribution in [2.75, 3.05) is 13.1 Å². The molecule has 0 unspecified atom stereocenters. The maximum absolute atomic E-state index is 12.2. The maximum Gasteiger partial charge on any atom is 0.220 e. The molecule has 0 atom stereocenters. The molecule has 0 spiro atoms. The molecule has 0 saturated carbocycles. The Balaban J connectivity index is 1.15. The first-order valence-corrected chi connectivity index (χ1v) is 11.4. The Kier molecular flexibility index (Phi) is 7.69. The van der Waals surface area contributed by atoms with Crippen molar-refractivity contribution in [2.45, 2.75) is 51.3 Å². The van der Waals surface area contributed by atoms with Crippen molar-refractivity contribution in [1.29, 1.82) is 0 Å². The number of oxazole rings is 1. The summed E-state index contributed by atoms with van der Waals surface area (Å²) < 4.78 is 5.79. The van der Waals surface area contributed by atoms with Crippen LogP contribution in [0.1, 0.15) is 42.7 Å². The van der Waals surface area contributed by atoms with Crippen molar-refractivity contribution < 1.29 is 14.3 Å². The van der Waals surface area contributed by atoms with Gasteiger partial charge in [0.1, 0.15) is 0 Å². The molecule has 168 valence electrons. The van der Waals surface area contributed by atoms with E-state index in [1.165, 1.54) is 5.56 Å². The van der Waals surface area contributed by atoms with Gasteiger partial charge >= 0.3 is 0 Å². The molecule has 6 heteroatoms. The summed E-state index contributed by atoms with van der Waals surface area (Å²) in [5.74, 6) is 1.46. The summed E-state index contributed by atoms with van der Waals surface area (Å²) in [4.78, 5) is 18.9. The van der Waals surface area contributed by atoms with E-state index in [0.29, 0.717) is 31.7 Å². The number of aryl methyl sites for hydroxylation is 1. The number of carbonyl (C=O) groups excluding carboxylic acids is 1. The van der Waals surface area contributed by atoms with E-state index >= 15 is 0 Å². The van der Waals surface area contributed by atoms with Crippen LogP contribution >= 0.6 is 0 Å².